The first-order valence-electron chi connectivity index (χ1n) is 9.77. The third-order valence-electron chi connectivity index (χ3n) is 5.01. The molecule has 6 nitrogen and oxygen atoms in total. The van der Waals surface area contributed by atoms with E-state index < -0.39 is 10.0 Å². The van der Waals surface area contributed by atoms with E-state index in [2.05, 4.69) is 4.72 Å². The zero-order valence-corrected chi connectivity index (χ0v) is 17.4. The largest absolute Gasteiger partial charge is 0.370 e. The van der Waals surface area contributed by atoms with E-state index in [0.29, 0.717) is 30.9 Å². The molecule has 3 aromatic carbocycles. The first kappa shape index (κ1) is 21.0. The summed E-state index contributed by atoms with van der Waals surface area (Å²) in [6.07, 6.45) is -0.349. The second-order valence-electron chi connectivity index (χ2n) is 7.16. The molecule has 1 fully saturated rings. The van der Waals surface area contributed by atoms with Crippen LogP contribution in [0.25, 0.3) is 0 Å². The minimum Gasteiger partial charge on any atom is -0.370 e. The van der Waals surface area contributed by atoms with E-state index in [9.17, 15) is 17.6 Å². The molecule has 160 valence electrons. The standard InChI is InChI=1S/C23H21FN2O4S/c24-19-11-9-17(10-12-19)22-16-26(13-14-30-22)23(27)18-5-4-6-20(15-18)25-31(28,29)21-7-2-1-3-8-21/h1-12,15,22,25H,13-14,16H2. The van der Waals surface area contributed by atoms with E-state index in [1.54, 1.807) is 53.4 Å². The van der Waals surface area contributed by atoms with Gasteiger partial charge in [-0.1, -0.05) is 36.4 Å². The van der Waals surface area contributed by atoms with Crippen LogP contribution in [0.4, 0.5) is 10.1 Å². The average molecular weight is 440 g/mol. The lowest BCUT2D eigenvalue weighted by atomic mass is 10.1. The van der Waals surface area contributed by atoms with Gasteiger partial charge in [-0.25, -0.2) is 12.8 Å². The average Bonchev–Trinajstić information content (AvgIpc) is 2.80. The maximum atomic E-state index is 13.2. The van der Waals surface area contributed by atoms with Crippen LogP contribution < -0.4 is 4.72 Å². The number of morpholine rings is 1. The Morgan fingerprint density at radius 1 is 1.00 bits per heavy atom. The highest BCUT2D eigenvalue weighted by Gasteiger charge is 2.26. The summed E-state index contributed by atoms with van der Waals surface area (Å²) >= 11 is 0. The minimum absolute atomic E-state index is 0.141. The van der Waals surface area contributed by atoms with Gasteiger partial charge in [0, 0.05) is 17.8 Å². The number of amides is 1. The summed E-state index contributed by atoms with van der Waals surface area (Å²) in [5.41, 5.74) is 1.47. The Morgan fingerprint density at radius 3 is 2.48 bits per heavy atom. The van der Waals surface area contributed by atoms with Crippen molar-refractivity contribution in [1.29, 1.82) is 0 Å². The molecule has 1 N–H and O–H groups in total. The highest BCUT2D eigenvalue weighted by Crippen LogP contribution is 2.24. The molecule has 4 rings (SSSR count). The Kier molecular flexibility index (Phi) is 6.01. The van der Waals surface area contributed by atoms with Gasteiger partial charge in [0.05, 0.1) is 18.0 Å². The molecule has 8 heteroatoms. The monoisotopic (exact) mass is 440 g/mol. The van der Waals surface area contributed by atoms with E-state index in [-0.39, 0.29) is 22.7 Å². The van der Waals surface area contributed by atoms with Crippen LogP contribution in [0.5, 0.6) is 0 Å². The first-order chi connectivity index (χ1) is 14.9. The van der Waals surface area contributed by atoms with Crippen LogP contribution in [-0.4, -0.2) is 38.9 Å². The lowest BCUT2D eigenvalue weighted by Crippen LogP contribution is -2.42. The quantitative estimate of drug-likeness (QED) is 0.654. The van der Waals surface area contributed by atoms with Crippen molar-refractivity contribution >= 4 is 21.6 Å². The molecule has 1 aliphatic heterocycles. The van der Waals surface area contributed by atoms with Gasteiger partial charge in [-0.3, -0.25) is 9.52 Å². The zero-order chi connectivity index (χ0) is 21.8. The van der Waals surface area contributed by atoms with E-state index in [0.717, 1.165) is 5.56 Å². The van der Waals surface area contributed by atoms with Crippen molar-refractivity contribution in [1.82, 2.24) is 4.90 Å². The lowest BCUT2D eigenvalue weighted by Gasteiger charge is -2.33. The molecule has 1 heterocycles. The Morgan fingerprint density at radius 2 is 1.74 bits per heavy atom. The number of benzene rings is 3. The summed E-state index contributed by atoms with van der Waals surface area (Å²) in [7, 11) is -3.75. The Hall–Kier alpha value is -3.23. The number of carbonyl (C=O) groups is 1. The summed E-state index contributed by atoms with van der Waals surface area (Å²) in [5.74, 6) is -0.557. The molecule has 0 spiro atoms. The molecule has 0 aliphatic carbocycles. The Balaban J connectivity index is 1.49. The first-order valence-corrected chi connectivity index (χ1v) is 11.2. The number of rotatable bonds is 5. The number of carbonyl (C=O) groups excluding carboxylic acids is 1. The molecule has 3 aromatic rings. The third-order valence-corrected chi connectivity index (χ3v) is 6.41. The van der Waals surface area contributed by atoms with Crippen molar-refractivity contribution in [2.24, 2.45) is 0 Å². The van der Waals surface area contributed by atoms with Gasteiger partial charge in [0.25, 0.3) is 15.9 Å². The van der Waals surface area contributed by atoms with Crippen LogP contribution in [0.2, 0.25) is 0 Å². The number of halogens is 1. The molecule has 0 saturated carbocycles. The molecular formula is C23H21FN2O4S. The maximum absolute atomic E-state index is 13.2. The molecule has 1 amide bonds. The molecular weight excluding hydrogens is 419 g/mol. The van der Waals surface area contributed by atoms with Crippen LogP contribution in [0.15, 0.2) is 83.8 Å². The van der Waals surface area contributed by atoms with Gasteiger partial charge in [-0.15, -0.1) is 0 Å². The summed E-state index contributed by atoms with van der Waals surface area (Å²) in [6, 6.07) is 20.4. The molecule has 0 radical (unpaired) electrons. The van der Waals surface area contributed by atoms with Crippen molar-refractivity contribution in [2.75, 3.05) is 24.4 Å². The summed E-state index contributed by atoms with van der Waals surface area (Å²) in [4.78, 5) is 14.8. The fourth-order valence-corrected chi connectivity index (χ4v) is 4.50. The zero-order valence-electron chi connectivity index (χ0n) is 16.6. The number of sulfonamides is 1. The second-order valence-corrected chi connectivity index (χ2v) is 8.84. The third kappa shape index (κ3) is 4.92. The van der Waals surface area contributed by atoms with Crippen molar-refractivity contribution in [3.63, 3.8) is 0 Å². The highest BCUT2D eigenvalue weighted by atomic mass is 32.2. The molecule has 1 aliphatic rings. The molecule has 31 heavy (non-hydrogen) atoms. The lowest BCUT2D eigenvalue weighted by molar-refractivity contribution is -0.0228. The number of nitrogens with zero attached hydrogens (tertiary/aromatic N) is 1. The molecule has 1 saturated heterocycles. The van der Waals surface area contributed by atoms with Crippen LogP contribution in [0, 0.1) is 5.82 Å². The van der Waals surface area contributed by atoms with E-state index in [1.165, 1.54) is 30.3 Å². The van der Waals surface area contributed by atoms with Gasteiger partial charge in [-0.05, 0) is 48.0 Å². The topological polar surface area (TPSA) is 75.7 Å². The van der Waals surface area contributed by atoms with Crippen molar-refractivity contribution in [3.05, 3.63) is 95.8 Å². The van der Waals surface area contributed by atoms with Gasteiger partial charge >= 0.3 is 0 Å². The van der Waals surface area contributed by atoms with Gasteiger partial charge in [0.2, 0.25) is 0 Å². The maximum Gasteiger partial charge on any atom is 0.261 e. The van der Waals surface area contributed by atoms with Gasteiger partial charge < -0.3 is 9.64 Å². The van der Waals surface area contributed by atoms with Crippen LogP contribution in [0.3, 0.4) is 0 Å². The van der Waals surface area contributed by atoms with Crippen molar-refractivity contribution in [2.45, 2.75) is 11.0 Å². The SMILES string of the molecule is O=C(c1cccc(NS(=O)(=O)c2ccccc2)c1)N1CCOC(c2ccc(F)cc2)C1. The number of ether oxygens (including phenoxy) is 1. The van der Waals surface area contributed by atoms with Crippen LogP contribution in [0.1, 0.15) is 22.0 Å². The summed E-state index contributed by atoms with van der Waals surface area (Å²) in [5, 5.41) is 0. The predicted octanol–water partition coefficient (Wildman–Crippen LogP) is 3.84. The Labute approximate surface area is 180 Å². The van der Waals surface area contributed by atoms with E-state index in [4.69, 9.17) is 4.74 Å². The molecule has 1 unspecified atom stereocenters. The highest BCUT2D eigenvalue weighted by molar-refractivity contribution is 7.92. The smallest absolute Gasteiger partial charge is 0.261 e. The molecule has 1 atom stereocenters. The second kappa shape index (κ2) is 8.87. The number of anilines is 1. The van der Waals surface area contributed by atoms with Gasteiger partial charge in [0.15, 0.2) is 0 Å². The molecule has 0 aromatic heterocycles. The molecule has 0 bridgehead atoms. The van der Waals surface area contributed by atoms with Crippen molar-refractivity contribution < 1.29 is 22.3 Å². The fraction of sp³-hybridized carbons (Fsp3) is 0.174. The predicted molar refractivity (Wildman–Crippen MR) is 115 cm³/mol. The van der Waals surface area contributed by atoms with Crippen LogP contribution >= 0.6 is 0 Å². The number of hydrogen-bond donors (Lipinski definition) is 1. The Bertz CT molecular complexity index is 1170. The normalized spacial score (nSPS) is 16.7. The van der Waals surface area contributed by atoms with E-state index >= 15 is 0 Å². The van der Waals surface area contributed by atoms with Gasteiger partial charge in [-0.2, -0.15) is 0 Å². The van der Waals surface area contributed by atoms with Crippen molar-refractivity contribution in [3.8, 4) is 0 Å². The van der Waals surface area contributed by atoms with E-state index in [1.807, 2.05) is 0 Å². The minimum atomic E-state index is -3.75. The number of nitrogens with one attached hydrogen (secondary N) is 1. The summed E-state index contributed by atoms with van der Waals surface area (Å²) in [6.45, 7) is 1.09. The number of hydrogen-bond acceptors (Lipinski definition) is 4. The van der Waals surface area contributed by atoms with Gasteiger partial charge in [0.1, 0.15) is 11.9 Å². The summed E-state index contributed by atoms with van der Waals surface area (Å²) < 4.78 is 46.6. The van der Waals surface area contributed by atoms with Crippen LogP contribution in [-0.2, 0) is 14.8 Å². The fourth-order valence-electron chi connectivity index (χ4n) is 3.42.